The molecule has 0 aliphatic heterocycles. The van der Waals surface area contributed by atoms with Crippen LogP contribution < -0.4 is 38.9 Å². The third kappa shape index (κ3) is 12.3. The lowest BCUT2D eigenvalue weighted by Gasteiger charge is -2.27. The van der Waals surface area contributed by atoms with Gasteiger partial charge in [0.15, 0.2) is 0 Å². The number of carbonyl (C=O) groups excluding carboxylic acids is 6. The SMILES string of the molecule is CCC(C)C(NC(=O)C(CC(N)=O)NC(=O)C(N)CCC(N)=O)C(=O)NC(CCC(N)=O)C(=O)O. The number of aliphatic carboxylic acids is 1. The van der Waals surface area contributed by atoms with Crippen molar-refractivity contribution < 1.29 is 38.7 Å². The molecule has 0 saturated heterocycles. The number of rotatable bonds is 17. The van der Waals surface area contributed by atoms with E-state index < -0.39 is 77.9 Å². The van der Waals surface area contributed by atoms with Crippen LogP contribution in [0.5, 0.6) is 0 Å². The molecule has 0 aromatic rings. The molecule has 5 atom stereocenters. The van der Waals surface area contributed by atoms with Crippen LogP contribution in [0.25, 0.3) is 0 Å². The van der Waals surface area contributed by atoms with Crippen LogP contribution in [0.1, 0.15) is 52.4 Å². The van der Waals surface area contributed by atoms with Crippen molar-refractivity contribution in [2.75, 3.05) is 0 Å². The molecular formula is C20H35N7O8. The van der Waals surface area contributed by atoms with Gasteiger partial charge >= 0.3 is 5.97 Å². The normalized spacial score (nSPS) is 14.9. The van der Waals surface area contributed by atoms with E-state index in [1.165, 1.54) is 0 Å². The monoisotopic (exact) mass is 501 g/mol. The maximum absolute atomic E-state index is 12.9. The summed E-state index contributed by atoms with van der Waals surface area (Å²) < 4.78 is 0. The fraction of sp³-hybridized carbons (Fsp3) is 0.650. The first kappa shape index (κ1) is 31.2. The Hall–Kier alpha value is -3.75. The minimum atomic E-state index is -1.50. The zero-order chi connectivity index (χ0) is 27.3. The van der Waals surface area contributed by atoms with E-state index in [-0.39, 0.29) is 25.7 Å². The molecule has 0 aromatic carbocycles. The lowest BCUT2D eigenvalue weighted by Crippen LogP contribution is -2.59. The third-order valence-corrected chi connectivity index (χ3v) is 5.16. The molecule has 0 aliphatic carbocycles. The summed E-state index contributed by atoms with van der Waals surface area (Å²) in [6, 6.07) is -5.40. The molecule has 0 aliphatic rings. The highest BCUT2D eigenvalue weighted by atomic mass is 16.4. The first-order valence-electron chi connectivity index (χ1n) is 10.9. The Morgan fingerprint density at radius 2 is 1.26 bits per heavy atom. The molecule has 15 nitrogen and oxygen atoms in total. The minimum Gasteiger partial charge on any atom is -0.480 e. The van der Waals surface area contributed by atoms with Crippen LogP contribution in [0.4, 0.5) is 0 Å². The van der Waals surface area contributed by atoms with E-state index in [1.54, 1.807) is 13.8 Å². The first-order valence-corrected chi connectivity index (χ1v) is 10.9. The van der Waals surface area contributed by atoms with E-state index in [4.69, 9.17) is 22.9 Å². The summed E-state index contributed by atoms with van der Waals surface area (Å²) in [6.07, 6.45) is -1.07. The Labute approximate surface area is 202 Å². The number of hydrogen-bond acceptors (Lipinski definition) is 8. The predicted octanol–water partition coefficient (Wildman–Crippen LogP) is -3.69. The van der Waals surface area contributed by atoms with Gasteiger partial charge in [-0.3, -0.25) is 28.8 Å². The summed E-state index contributed by atoms with van der Waals surface area (Å²) in [4.78, 5) is 82.7. The lowest BCUT2D eigenvalue weighted by molar-refractivity contribution is -0.143. The zero-order valence-electron chi connectivity index (χ0n) is 19.7. The Bertz CT molecular complexity index is 819. The van der Waals surface area contributed by atoms with E-state index >= 15 is 0 Å². The van der Waals surface area contributed by atoms with Gasteiger partial charge < -0.3 is 44.0 Å². The van der Waals surface area contributed by atoms with Crippen molar-refractivity contribution in [1.82, 2.24) is 16.0 Å². The number of hydrogen-bond donors (Lipinski definition) is 8. The van der Waals surface area contributed by atoms with Crippen LogP contribution in [-0.4, -0.2) is 70.7 Å². The summed E-state index contributed by atoms with van der Waals surface area (Å²) >= 11 is 0. The van der Waals surface area contributed by atoms with Gasteiger partial charge in [0.25, 0.3) is 0 Å². The van der Waals surface area contributed by atoms with Crippen LogP contribution in [-0.2, 0) is 33.6 Å². The van der Waals surface area contributed by atoms with Crippen molar-refractivity contribution in [2.45, 2.75) is 76.5 Å². The molecular weight excluding hydrogens is 466 g/mol. The zero-order valence-corrected chi connectivity index (χ0v) is 19.7. The number of carboxylic acid groups (broad SMARTS) is 1. The molecule has 12 N–H and O–H groups in total. The molecule has 5 unspecified atom stereocenters. The highest BCUT2D eigenvalue weighted by Gasteiger charge is 2.33. The van der Waals surface area contributed by atoms with Gasteiger partial charge in [0.2, 0.25) is 35.4 Å². The van der Waals surface area contributed by atoms with Gasteiger partial charge in [0.05, 0.1) is 12.5 Å². The molecule has 0 rings (SSSR count). The number of nitrogens with one attached hydrogen (secondary N) is 3. The summed E-state index contributed by atoms with van der Waals surface area (Å²) in [7, 11) is 0. The van der Waals surface area contributed by atoms with E-state index in [2.05, 4.69) is 16.0 Å². The van der Waals surface area contributed by atoms with Crippen molar-refractivity contribution in [1.29, 1.82) is 0 Å². The van der Waals surface area contributed by atoms with Crippen LogP contribution in [0, 0.1) is 5.92 Å². The van der Waals surface area contributed by atoms with Gasteiger partial charge in [-0.1, -0.05) is 20.3 Å². The summed E-state index contributed by atoms with van der Waals surface area (Å²) in [5, 5.41) is 16.2. The van der Waals surface area contributed by atoms with Gasteiger partial charge in [-0.25, -0.2) is 4.79 Å². The standard InChI is InChI=1S/C20H35N7O8/c1-3-9(2)16(19(33)25-11(20(34)35)5-7-14(23)29)27-18(32)12(8-15(24)30)26-17(31)10(21)4-6-13(22)28/h9-12,16H,3-8,21H2,1-2H3,(H2,22,28)(H2,23,29)(H2,24,30)(H,25,33)(H,26,31)(H,27,32)(H,34,35). The Kier molecular flexibility index (Phi) is 13.6. The average Bonchev–Trinajstić information content (AvgIpc) is 2.76. The smallest absolute Gasteiger partial charge is 0.326 e. The van der Waals surface area contributed by atoms with Crippen molar-refractivity contribution in [3.8, 4) is 0 Å². The molecule has 6 amide bonds. The Morgan fingerprint density at radius 3 is 1.71 bits per heavy atom. The number of carboxylic acids is 1. The Morgan fingerprint density at radius 1 is 0.743 bits per heavy atom. The van der Waals surface area contributed by atoms with Crippen molar-refractivity contribution in [2.24, 2.45) is 28.9 Å². The van der Waals surface area contributed by atoms with Crippen LogP contribution >= 0.6 is 0 Å². The van der Waals surface area contributed by atoms with Gasteiger partial charge in [-0.2, -0.15) is 0 Å². The third-order valence-electron chi connectivity index (χ3n) is 5.16. The van der Waals surface area contributed by atoms with Crippen molar-refractivity contribution >= 4 is 41.4 Å². The largest absolute Gasteiger partial charge is 0.480 e. The van der Waals surface area contributed by atoms with Crippen molar-refractivity contribution in [3.05, 3.63) is 0 Å². The van der Waals surface area contributed by atoms with Crippen molar-refractivity contribution in [3.63, 3.8) is 0 Å². The second-order valence-corrected chi connectivity index (χ2v) is 8.12. The number of primary amides is 3. The topological polar surface area (TPSA) is 280 Å². The van der Waals surface area contributed by atoms with Crippen LogP contribution in [0.15, 0.2) is 0 Å². The number of nitrogens with two attached hydrogens (primary N) is 4. The molecule has 198 valence electrons. The van der Waals surface area contributed by atoms with Gasteiger partial charge in [-0.15, -0.1) is 0 Å². The molecule has 0 bridgehead atoms. The lowest BCUT2D eigenvalue weighted by atomic mass is 9.97. The molecule has 35 heavy (non-hydrogen) atoms. The molecule has 0 fully saturated rings. The fourth-order valence-electron chi connectivity index (χ4n) is 2.88. The second kappa shape index (κ2) is 15.2. The first-order chi connectivity index (χ1) is 16.2. The van der Waals surface area contributed by atoms with Crippen LogP contribution in [0.2, 0.25) is 0 Å². The Balaban J connectivity index is 5.56. The van der Waals surface area contributed by atoms with Gasteiger partial charge in [-0.05, 0) is 18.8 Å². The summed E-state index contributed by atoms with van der Waals surface area (Å²) in [6.45, 7) is 3.34. The van der Waals surface area contributed by atoms with E-state index in [0.717, 1.165) is 0 Å². The number of amides is 6. The highest BCUT2D eigenvalue weighted by molar-refractivity contribution is 5.96. The van der Waals surface area contributed by atoms with E-state index in [9.17, 15) is 38.7 Å². The molecule has 0 radical (unpaired) electrons. The molecule has 0 aromatic heterocycles. The van der Waals surface area contributed by atoms with E-state index in [0.29, 0.717) is 6.42 Å². The van der Waals surface area contributed by atoms with Gasteiger partial charge in [0, 0.05) is 12.8 Å². The maximum Gasteiger partial charge on any atom is 0.326 e. The molecule has 0 saturated carbocycles. The minimum absolute atomic E-state index is 0.105. The van der Waals surface area contributed by atoms with Gasteiger partial charge in [0.1, 0.15) is 18.1 Å². The fourth-order valence-corrected chi connectivity index (χ4v) is 2.88. The molecule has 15 heteroatoms. The molecule has 0 heterocycles. The maximum atomic E-state index is 12.9. The van der Waals surface area contributed by atoms with Crippen LogP contribution in [0.3, 0.4) is 0 Å². The molecule has 0 spiro atoms. The highest BCUT2D eigenvalue weighted by Crippen LogP contribution is 2.10. The number of carbonyl (C=O) groups is 7. The second-order valence-electron chi connectivity index (χ2n) is 8.12. The van der Waals surface area contributed by atoms with E-state index in [1.807, 2.05) is 0 Å². The average molecular weight is 502 g/mol. The summed E-state index contributed by atoms with van der Waals surface area (Å²) in [5.74, 6) is -6.91. The summed E-state index contributed by atoms with van der Waals surface area (Å²) in [5.41, 5.74) is 20.9. The predicted molar refractivity (Wildman–Crippen MR) is 122 cm³/mol. The quantitative estimate of drug-likeness (QED) is 0.0971.